The van der Waals surface area contributed by atoms with Crippen LogP contribution in [-0.4, -0.2) is 41.9 Å². The Kier molecular flexibility index (Phi) is 3.30. The van der Waals surface area contributed by atoms with Crippen LogP contribution >= 0.6 is 0 Å². The second-order valence-electron chi connectivity index (χ2n) is 9.85. The molecule has 0 unspecified atom stereocenters. The average Bonchev–Trinajstić information content (AvgIpc) is 3.07. The Hall–Kier alpha value is -1.94. The zero-order chi connectivity index (χ0) is 21.2. The second-order valence-corrected chi connectivity index (χ2v) is 9.85. The van der Waals surface area contributed by atoms with Crippen LogP contribution in [0, 0.1) is 5.41 Å². The molecule has 2 aromatic heterocycles. The molecule has 3 heterocycles. The Bertz CT molecular complexity index is 995. The summed E-state index contributed by atoms with van der Waals surface area (Å²) < 4.78 is 47.2. The molecule has 10 heteroatoms. The molecule has 2 aromatic rings. The van der Waals surface area contributed by atoms with Crippen molar-refractivity contribution in [3.05, 3.63) is 17.1 Å². The smallest absolute Gasteiger partial charge is 0.390 e. The van der Waals surface area contributed by atoms with Gasteiger partial charge >= 0.3 is 6.18 Å². The van der Waals surface area contributed by atoms with Crippen LogP contribution < -0.4 is 0 Å². The van der Waals surface area contributed by atoms with Crippen LogP contribution in [-0.2, 0) is 17.6 Å². The van der Waals surface area contributed by atoms with Gasteiger partial charge in [-0.05, 0) is 40.0 Å². The number of hydrogen-bond acceptors (Lipinski definition) is 6. The maximum Gasteiger partial charge on any atom is 0.422 e. The standard InChI is InChI=1S/C19H23F3N4O3/c1-9-5-26-13(11-10(9)12(25-29-11)16(4,28)19(20,21)22)23-24-14(26)17-6-18(7-17,8-17)15(2,3)27/h9,27-28H,5-8H2,1-4H3/t9-,16+,17?,18?/m0/s1. The third kappa shape index (κ3) is 2.13. The molecule has 6 rings (SSSR count). The summed E-state index contributed by atoms with van der Waals surface area (Å²) in [7, 11) is 0. The van der Waals surface area contributed by atoms with Crippen LogP contribution in [0.15, 0.2) is 4.52 Å². The number of aliphatic hydroxyl groups is 2. The quantitative estimate of drug-likeness (QED) is 0.805. The minimum Gasteiger partial charge on any atom is -0.390 e. The fraction of sp³-hybridized carbons (Fsp3) is 0.737. The molecular formula is C19H23F3N4O3. The maximum atomic E-state index is 13.4. The first-order chi connectivity index (χ1) is 13.2. The first-order valence-electron chi connectivity index (χ1n) is 9.68. The van der Waals surface area contributed by atoms with Gasteiger partial charge in [-0.3, -0.25) is 0 Å². The van der Waals surface area contributed by atoms with Crippen LogP contribution in [0.3, 0.4) is 0 Å². The summed E-state index contributed by atoms with van der Waals surface area (Å²) >= 11 is 0. The van der Waals surface area contributed by atoms with Gasteiger partial charge in [-0.25, -0.2) is 0 Å². The number of fused-ring (bicyclic) bond motifs is 3. The van der Waals surface area contributed by atoms with Gasteiger partial charge in [-0.1, -0.05) is 12.1 Å². The van der Waals surface area contributed by atoms with Crippen molar-refractivity contribution in [2.24, 2.45) is 5.41 Å². The molecule has 0 spiro atoms. The Balaban J connectivity index is 1.54. The molecule has 2 N–H and O–H groups in total. The Morgan fingerprint density at radius 3 is 2.28 bits per heavy atom. The van der Waals surface area contributed by atoms with Gasteiger partial charge in [0.1, 0.15) is 11.5 Å². The molecule has 0 radical (unpaired) electrons. The van der Waals surface area contributed by atoms with Crippen molar-refractivity contribution in [1.82, 2.24) is 19.9 Å². The molecule has 1 aliphatic heterocycles. The normalized spacial score (nSPS) is 32.7. The summed E-state index contributed by atoms with van der Waals surface area (Å²) in [6.45, 7) is 6.49. The largest absolute Gasteiger partial charge is 0.422 e. The SMILES string of the molecule is C[C@H]1Cn2c(nnc2C23CC(C(C)(C)O)(C2)C3)-c2onc([C@@](C)(O)C(F)(F)F)c21. The Labute approximate surface area is 164 Å². The van der Waals surface area contributed by atoms with Crippen molar-refractivity contribution in [2.75, 3.05) is 0 Å². The average molecular weight is 412 g/mol. The zero-order valence-electron chi connectivity index (χ0n) is 16.6. The van der Waals surface area contributed by atoms with E-state index < -0.39 is 23.1 Å². The molecule has 0 amide bonds. The molecule has 158 valence electrons. The van der Waals surface area contributed by atoms with Gasteiger partial charge in [0.25, 0.3) is 0 Å². The van der Waals surface area contributed by atoms with E-state index in [0.717, 1.165) is 25.1 Å². The van der Waals surface area contributed by atoms with Gasteiger partial charge in [0.2, 0.25) is 17.2 Å². The van der Waals surface area contributed by atoms with Crippen molar-refractivity contribution in [3.63, 3.8) is 0 Å². The Morgan fingerprint density at radius 1 is 1.10 bits per heavy atom. The van der Waals surface area contributed by atoms with E-state index in [1.165, 1.54) is 0 Å². The van der Waals surface area contributed by atoms with Gasteiger partial charge in [0.15, 0.2) is 0 Å². The van der Waals surface area contributed by atoms with E-state index in [2.05, 4.69) is 15.4 Å². The molecule has 29 heavy (non-hydrogen) atoms. The van der Waals surface area contributed by atoms with Gasteiger partial charge in [0, 0.05) is 28.9 Å². The number of halogens is 3. The lowest BCUT2D eigenvalue weighted by Gasteiger charge is -2.73. The molecule has 3 aliphatic carbocycles. The summed E-state index contributed by atoms with van der Waals surface area (Å²) in [5.74, 6) is 0.896. The lowest BCUT2D eigenvalue weighted by atomic mass is 9.31. The van der Waals surface area contributed by atoms with Crippen LogP contribution in [0.4, 0.5) is 13.2 Å². The first-order valence-corrected chi connectivity index (χ1v) is 9.68. The summed E-state index contributed by atoms with van der Waals surface area (Å²) in [6.07, 6.45) is -2.45. The van der Waals surface area contributed by atoms with Gasteiger partial charge in [-0.2, -0.15) is 13.2 Å². The summed E-state index contributed by atoms with van der Waals surface area (Å²) in [5.41, 5.74) is -4.42. The van der Waals surface area contributed by atoms with Crippen LogP contribution in [0.5, 0.6) is 0 Å². The molecule has 2 bridgehead atoms. The van der Waals surface area contributed by atoms with Crippen LogP contribution in [0.25, 0.3) is 11.6 Å². The molecule has 0 aromatic carbocycles. The molecule has 0 saturated heterocycles. The first kappa shape index (κ1) is 19.0. The van der Waals surface area contributed by atoms with E-state index in [9.17, 15) is 23.4 Å². The van der Waals surface area contributed by atoms with E-state index in [4.69, 9.17) is 4.52 Å². The van der Waals surface area contributed by atoms with Crippen molar-refractivity contribution in [3.8, 4) is 11.6 Å². The molecule has 2 atom stereocenters. The predicted molar refractivity (Wildman–Crippen MR) is 93.8 cm³/mol. The third-order valence-electron chi connectivity index (χ3n) is 7.45. The van der Waals surface area contributed by atoms with E-state index >= 15 is 0 Å². The lowest BCUT2D eigenvalue weighted by molar-refractivity contribution is -0.261. The van der Waals surface area contributed by atoms with Gasteiger partial charge in [0.05, 0.1) is 5.60 Å². The highest BCUT2D eigenvalue weighted by Crippen LogP contribution is 2.77. The maximum absolute atomic E-state index is 13.4. The topological polar surface area (TPSA) is 97.2 Å². The number of aromatic nitrogens is 4. The highest BCUT2D eigenvalue weighted by molar-refractivity contribution is 5.59. The van der Waals surface area contributed by atoms with E-state index in [0.29, 0.717) is 19.3 Å². The molecule has 4 aliphatic rings. The zero-order valence-corrected chi connectivity index (χ0v) is 16.6. The Morgan fingerprint density at radius 2 is 1.72 bits per heavy atom. The fourth-order valence-electron chi connectivity index (χ4n) is 5.48. The number of alkyl halides is 3. The number of rotatable bonds is 3. The highest BCUT2D eigenvalue weighted by atomic mass is 19.4. The highest BCUT2D eigenvalue weighted by Gasteiger charge is 2.75. The number of hydrogen-bond donors (Lipinski definition) is 2. The lowest BCUT2D eigenvalue weighted by Crippen LogP contribution is -2.72. The number of nitrogens with zero attached hydrogens (tertiary/aromatic N) is 4. The van der Waals surface area contributed by atoms with Crippen molar-refractivity contribution in [2.45, 2.75) is 82.2 Å². The van der Waals surface area contributed by atoms with Crippen LogP contribution in [0.2, 0.25) is 0 Å². The van der Waals surface area contributed by atoms with Gasteiger partial charge in [-0.15, -0.1) is 10.2 Å². The van der Waals surface area contributed by atoms with Crippen molar-refractivity contribution in [1.29, 1.82) is 0 Å². The summed E-state index contributed by atoms with van der Waals surface area (Å²) in [5, 5.41) is 32.7. The summed E-state index contributed by atoms with van der Waals surface area (Å²) in [6, 6.07) is 0. The van der Waals surface area contributed by atoms with E-state index in [1.807, 2.05) is 18.4 Å². The molecular weight excluding hydrogens is 389 g/mol. The van der Waals surface area contributed by atoms with Crippen molar-refractivity contribution >= 4 is 0 Å². The monoisotopic (exact) mass is 412 g/mol. The van der Waals surface area contributed by atoms with E-state index in [-0.39, 0.29) is 28.1 Å². The minimum atomic E-state index is -4.88. The molecule has 3 fully saturated rings. The predicted octanol–water partition coefficient (Wildman–Crippen LogP) is 3.01. The van der Waals surface area contributed by atoms with Gasteiger partial charge < -0.3 is 19.3 Å². The van der Waals surface area contributed by atoms with E-state index in [1.54, 1.807) is 6.92 Å². The van der Waals surface area contributed by atoms with Crippen molar-refractivity contribution < 1.29 is 27.9 Å². The fourth-order valence-corrected chi connectivity index (χ4v) is 5.48. The second kappa shape index (κ2) is 5.03. The molecule has 7 nitrogen and oxygen atoms in total. The summed E-state index contributed by atoms with van der Waals surface area (Å²) in [4.78, 5) is 0. The molecule has 3 saturated carbocycles. The third-order valence-corrected chi connectivity index (χ3v) is 7.45. The minimum absolute atomic E-state index is 0.102. The van der Waals surface area contributed by atoms with Crippen LogP contribution in [0.1, 0.15) is 70.0 Å².